The number of amides is 1. The van der Waals surface area contributed by atoms with E-state index in [0.717, 1.165) is 11.1 Å². The van der Waals surface area contributed by atoms with Crippen molar-refractivity contribution >= 4 is 23.7 Å². The third kappa shape index (κ3) is 4.71. The summed E-state index contributed by atoms with van der Waals surface area (Å²) in [4.78, 5) is 12.1. The number of nitrogens with one attached hydrogen (secondary N) is 1. The summed E-state index contributed by atoms with van der Waals surface area (Å²) >= 11 is 6.01. The minimum absolute atomic E-state index is 0.366. The van der Waals surface area contributed by atoms with Gasteiger partial charge < -0.3 is 4.74 Å². The summed E-state index contributed by atoms with van der Waals surface area (Å²) in [6, 6.07) is 24.2. The summed E-state index contributed by atoms with van der Waals surface area (Å²) < 4.78 is 5.86. The van der Waals surface area contributed by atoms with Gasteiger partial charge in [-0.25, -0.2) is 5.43 Å². The number of carbonyl (C=O) groups is 1. The van der Waals surface area contributed by atoms with Gasteiger partial charge in [0.2, 0.25) is 0 Å². The first-order chi connectivity index (χ1) is 12.7. The van der Waals surface area contributed by atoms with Crippen LogP contribution in [0.2, 0.25) is 5.02 Å². The molecule has 5 heteroatoms. The van der Waals surface area contributed by atoms with Crippen molar-refractivity contribution in [2.24, 2.45) is 5.10 Å². The molecule has 0 atom stereocenters. The van der Waals surface area contributed by atoms with Crippen molar-refractivity contribution in [3.63, 3.8) is 0 Å². The SMILES string of the molecule is O=C(NN=Cc1ccccc1OCc1ccccc1)c1ccccc1Cl. The van der Waals surface area contributed by atoms with Crippen molar-refractivity contribution < 1.29 is 9.53 Å². The van der Waals surface area contributed by atoms with E-state index in [9.17, 15) is 4.79 Å². The largest absolute Gasteiger partial charge is 0.488 e. The van der Waals surface area contributed by atoms with Gasteiger partial charge in [0, 0.05) is 5.56 Å². The highest BCUT2D eigenvalue weighted by Gasteiger charge is 2.08. The molecule has 3 rings (SSSR count). The minimum atomic E-state index is -0.366. The molecule has 4 nitrogen and oxygen atoms in total. The van der Waals surface area contributed by atoms with E-state index >= 15 is 0 Å². The first-order valence-electron chi connectivity index (χ1n) is 8.08. The summed E-state index contributed by atoms with van der Waals surface area (Å²) in [6.07, 6.45) is 1.55. The van der Waals surface area contributed by atoms with E-state index < -0.39 is 0 Å². The number of hydrogen-bond donors (Lipinski definition) is 1. The number of benzene rings is 3. The highest BCUT2D eigenvalue weighted by atomic mass is 35.5. The van der Waals surface area contributed by atoms with Gasteiger partial charge in [-0.15, -0.1) is 0 Å². The Morgan fingerprint density at radius 3 is 2.46 bits per heavy atom. The molecule has 0 saturated heterocycles. The first-order valence-corrected chi connectivity index (χ1v) is 8.45. The van der Waals surface area contributed by atoms with Crippen LogP contribution >= 0.6 is 11.6 Å². The molecule has 3 aromatic carbocycles. The number of nitrogens with zero attached hydrogens (tertiary/aromatic N) is 1. The van der Waals surface area contributed by atoms with Crippen molar-refractivity contribution in [1.82, 2.24) is 5.43 Å². The van der Waals surface area contributed by atoms with E-state index in [2.05, 4.69) is 10.5 Å². The average molecular weight is 365 g/mol. The zero-order chi connectivity index (χ0) is 18.2. The Morgan fingerprint density at radius 2 is 1.65 bits per heavy atom. The maximum Gasteiger partial charge on any atom is 0.272 e. The Bertz CT molecular complexity index is 911. The number of carbonyl (C=O) groups excluding carboxylic acids is 1. The van der Waals surface area contributed by atoms with Crippen molar-refractivity contribution in [1.29, 1.82) is 0 Å². The molecule has 1 amide bonds. The maximum atomic E-state index is 12.1. The van der Waals surface area contributed by atoms with E-state index in [1.54, 1.807) is 30.5 Å². The molecule has 0 aliphatic carbocycles. The van der Waals surface area contributed by atoms with E-state index in [-0.39, 0.29) is 5.91 Å². The molecule has 130 valence electrons. The third-order valence-electron chi connectivity index (χ3n) is 3.64. The standard InChI is InChI=1S/C21H17ClN2O2/c22-19-12-6-5-11-18(19)21(25)24-23-14-17-10-4-7-13-20(17)26-15-16-8-2-1-3-9-16/h1-14H,15H2,(H,24,25). The predicted octanol–water partition coefficient (Wildman–Crippen LogP) is 4.68. The van der Waals surface area contributed by atoms with E-state index in [4.69, 9.17) is 16.3 Å². The third-order valence-corrected chi connectivity index (χ3v) is 3.97. The van der Waals surface area contributed by atoms with Crippen LogP contribution in [0.3, 0.4) is 0 Å². The minimum Gasteiger partial charge on any atom is -0.488 e. The topological polar surface area (TPSA) is 50.7 Å². The molecular formula is C21H17ClN2O2. The molecule has 0 aromatic heterocycles. The highest BCUT2D eigenvalue weighted by Crippen LogP contribution is 2.18. The Hall–Kier alpha value is -3.11. The second-order valence-electron chi connectivity index (χ2n) is 5.49. The van der Waals surface area contributed by atoms with Crippen molar-refractivity contribution in [2.45, 2.75) is 6.61 Å². The Morgan fingerprint density at radius 1 is 0.962 bits per heavy atom. The summed E-state index contributed by atoms with van der Waals surface area (Å²) in [5.41, 5.74) is 4.70. The first kappa shape index (κ1) is 17.7. The fraction of sp³-hybridized carbons (Fsp3) is 0.0476. The molecule has 0 aliphatic rings. The fourth-order valence-corrected chi connectivity index (χ4v) is 2.54. The lowest BCUT2D eigenvalue weighted by Gasteiger charge is -2.09. The molecule has 0 heterocycles. The van der Waals surface area contributed by atoms with Gasteiger partial charge in [-0.05, 0) is 29.8 Å². The van der Waals surface area contributed by atoms with Gasteiger partial charge in [0.15, 0.2) is 0 Å². The van der Waals surface area contributed by atoms with Crippen LogP contribution < -0.4 is 10.2 Å². The normalized spacial score (nSPS) is 10.7. The van der Waals surface area contributed by atoms with Crippen molar-refractivity contribution in [2.75, 3.05) is 0 Å². The number of halogens is 1. The molecule has 0 saturated carbocycles. The molecule has 26 heavy (non-hydrogen) atoms. The van der Waals surface area contributed by atoms with Crippen LogP contribution in [0, 0.1) is 0 Å². The van der Waals surface area contributed by atoms with Crippen LogP contribution in [0.4, 0.5) is 0 Å². The van der Waals surface area contributed by atoms with Gasteiger partial charge in [-0.2, -0.15) is 5.10 Å². The Kier molecular flexibility index (Phi) is 6.01. The lowest BCUT2D eigenvalue weighted by Crippen LogP contribution is -2.18. The molecule has 0 spiro atoms. The van der Waals surface area contributed by atoms with Crippen LogP contribution in [0.1, 0.15) is 21.5 Å². The van der Waals surface area contributed by atoms with Crippen LogP contribution in [-0.4, -0.2) is 12.1 Å². The predicted molar refractivity (Wildman–Crippen MR) is 104 cm³/mol. The van der Waals surface area contributed by atoms with Gasteiger partial charge in [0.1, 0.15) is 12.4 Å². The van der Waals surface area contributed by atoms with Gasteiger partial charge in [-0.3, -0.25) is 4.79 Å². The fourth-order valence-electron chi connectivity index (χ4n) is 2.32. The van der Waals surface area contributed by atoms with Crippen LogP contribution in [-0.2, 0) is 6.61 Å². The Balaban J connectivity index is 1.65. The summed E-state index contributed by atoms with van der Waals surface area (Å²) in [7, 11) is 0. The van der Waals surface area contributed by atoms with Crippen LogP contribution in [0.25, 0.3) is 0 Å². The molecule has 1 N–H and O–H groups in total. The van der Waals surface area contributed by atoms with E-state index in [0.29, 0.717) is 22.9 Å². The number of ether oxygens (including phenoxy) is 1. The maximum absolute atomic E-state index is 12.1. The highest BCUT2D eigenvalue weighted by molar-refractivity contribution is 6.33. The Labute approximate surface area is 157 Å². The summed E-state index contributed by atoms with van der Waals surface area (Å²) in [6.45, 7) is 0.456. The average Bonchev–Trinajstić information content (AvgIpc) is 2.68. The second-order valence-corrected chi connectivity index (χ2v) is 5.90. The summed E-state index contributed by atoms with van der Waals surface area (Å²) in [5.74, 6) is 0.321. The number of para-hydroxylation sites is 1. The van der Waals surface area contributed by atoms with Gasteiger partial charge in [-0.1, -0.05) is 66.2 Å². The zero-order valence-corrected chi connectivity index (χ0v) is 14.7. The van der Waals surface area contributed by atoms with E-state index in [1.807, 2.05) is 54.6 Å². The molecule has 0 fully saturated rings. The smallest absolute Gasteiger partial charge is 0.272 e. The van der Waals surface area contributed by atoms with Crippen molar-refractivity contribution in [3.05, 3.63) is 101 Å². The van der Waals surface area contributed by atoms with Gasteiger partial charge >= 0.3 is 0 Å². The number of hydrogen-bond acceptors (Lipinski definition) is 3. The molecular weight excluding hydrogens is 348 g/mol. The van der Waals surface area contributed by atoms with Crippen molar-refractivity contribution in [3.8, 4) is 5.75 Å². The van der Waals surface area contributed by atoms with Gasteiger partial charge in [0.25, 0.3) is 5.91 Å². The quantitative estimate of drug-likeness (QED) is 0.510. The monoisotopic (exact) mass is 364 g/mol. The van der Waals surface area contributed by atoms with E-state index in [1.165, 1.54) is 0 Å². The number of rotatable bonds is 6. The molecule has 3 aromatic rings. The second kappa shape index (κ2) is 8.83. The zero-order valence-electron chi connectivity index (χ0n) is 13.9. The van der Waals surface area contributed by atoms with Crippen LogP contribution in [0.15, 0.2) is 84.0 Å². The molecule has 0 bridgehead atoms. The molecule has 0 unspecified atom stereocenters. The van der Waals surface area contributed by atoms with Gasteiger partial charge in [0.05, 0.1) is 16.8 Å². The molecule has 0 aliphatic heterocycles. The van der Waals surface area contributed by atoms with Crippen LogP contribution in [0.5, 0.6) is 5.75 Å². The molecule has 0 radical (unpaired) electrons. The lowest BCUT2D eigenvalue weighted by molar-refractivity contribution is 0.0955. The summed E-state index contributed by atoms with van der Waals surface area (Å²) in [5, 5.41) is 4.39. The number of hydrazone groups is 1. The lowest BCUT2D eigenvalue weighted by atomic mass is 10.2.